The van der Waals surface area contributed by atoms with Gasteiger partial charge in [-0.2, -0.15) is 13.2 Å². The summed E-state index contributed by atoms with van der Waals surface area (Å²) < 4.78 is 33.7. The maximum atomic E-state index is 12.9. The Kier molecular flexibility index (Phi) is 7.28. The molecular weight excluding hydrogens is 439 g/mol. The number of aryl methyl sites for hydroxylation is 1. The minimum atomic E-state index is -5.08. The number of halogens is 3. The van der Waals surface area contributed by atoms with E-state index >= 15 is 0 Å². The number of imidazole rings is 1. The first-order valence-electron chi connectivity index (χ1n) is 9.53. The molecule has 2 aromatic heterocycles. The second-order valence-corrected chi connectivity index (χ2v) is 8.06. The van der Waals surface area contributed by atoms with Crippen LogP contribution in [0.25, 0.3) is 0 Å². The molecule has 0 bridgehead atoms. The number of hydrogen-bond acceptors (Lipinski definition) is 7. The maximum Gasteiger partial charge on any atom is 0.490 e. The lowest BCUT2D eigenvalue weighted by atomic mass is 10.1. The van der Waals surface area contributed by atoms with Crippen LogP contribution in [0.2, 0.25) is 0 Å². The van der Waals surface area contributed by atoms with Gasteiger partial charge in [0.15, 0.2) is 0 Å². The second-order valence-electron chi connectivity index (χ2n) is 7.12. The predicted molar refractivity (Wildman–Crippen MR) is 103 cm³/mol. The van der Waals surface area contributed by atoms with Crippen LogP contribution in [-0.4, -0.2) is 67.4 Å². The number of carbonyl (C=O) groups is 2. The van der Waals surface area contributed by atoms with Crippen molar-refractivity contribution < 1.29 is 32.7 Å². The van der Waals surface area contributed by atoms with E-state index in [-0.39, 0.29) is 11.9 Å². The first kappa shape index (κ1) is 23.2. The highest BCUT2D eigenvalue weighted by Gasteiger charge is 2.38. The largest absolute Gasteiger partial charge is 0.490 e. The maximum absolute atomic E-state index is 12.9. The average Bonchev–Trinajstić information content (AvgIpc) is 3.36. The number of carbonyl (C=O) groups excluding carboxylic acids is 1. The van der Waals surface area contributed by atoms with Gasteiger partial charge in [-0.15, -0.1) is 11.3 Å². The number of fused-ring (bicyclic) bond motifs is 1. The number of aromatic nitrogens is 3. The summed E-state index contributed by atoms with van der Waals surface area (Å²) in [6.07, 6.45) is 0.542. The molecule has 1 saturated heterocycles. The van der Waals surface area contributed by atoms with Crippen LogP contribution in [0.4, 0.5) is 13.2 Å². The van der Waals surface area contributed by atoms with Crippen molar-refractivity contribution in [1.82, 2.24) is 24.5 Å². The van der Waals surface area contributed by atoms with Gasteiger partial charge in [-0.1, -0.05) is 0 Å². The molecule has 1 unspecified atom stereocenters. The van der Waals surface area contributed by atoms with Crippen molar-refractivity contribution in [2.45, 2.75) is 45.1 Å². The van der Waals surface area contributed by atoms with Gasteiger partial charge in [0.05, 0.1) is 29.8 Å². The Morgan fingerprint density at radius 1 is 1.35 bits per heavy atom. The molecule has 9 nitrogen and oxygen atoms in total. The van der Waals surface area contributed by atoms with Crippen LogP contribution in [0.15, 0.2) is 18.0 Å². The smallest absolute Gasteiger partial charge is 0.475 e. The molecule has 170 valence electrons. The molecular formula is C18H22F3N5O4S. The topological polar surface area (TPSA) is 101 Å². The number of alkyl halides is 3. The van der Waals surface area contributed by atoms with Gasteiger partial charge >= 0.3 is 12.1 Å². The van der Waals surface area contributed by atoms with Crippen LogP contribution in [0.3, 0.4) is 0 Å². The van der Waals surface area contributed by atoms with Crippen LogP contribution >= 0.6 is 11.3 Å². The van der Waals surface area contributed by atoms with Gasteiger partial charge in [-0.25, -0.2) is 19.8 Å². The number of rotatable bonds is 3. The van der Waals surface area contributed by atoms with E-state index in [0.717, 1.165) is 37.3 Å². The van der Waals surface area contributed by atoms with Crippen molar-refractivity contribution in [2.24, 2.45) is 0 Å². The number of aliphatic carboxylic acids is 1. The first-order valence-corrected chi connectivity index (χ1v) is 10.4. The fourth-order valence-electron chi connectivity index (χ4n) is 3.30. The van der Waals surface area contributed by atoms with E-state index in [1.807, 2.05) is 23.2 Å². The molecule has 1 fully saturated rings. The van der Waals surface area contributed by atoms with Gasteiger partial charge in [0, 0.05) is 37.3 Å². The van der Waals surface area contributed by atoms with E-state index in [1.54, 1.807) is 22.7 Å². The highest BCUT2D eigenvalue weighted by atomic mass is 32.1. The van der Waals surface area contributed by atoms with Gasteiger partial charge in [0.25, 0.3) is 5.91 Å². The highest BCUT2D eigenvalue weighted by molar-refractivity contribution is 7.09. The van der Waals surface area contributed by atoms with Gasteiger partial charge in [-0.3, -0.25) is 14.5 Å². The third kappa shape index (κ3) is 5.80. The van der Waals surface area contributed by atoms with Crippen LogP contribution < -0.4 is 0 Å². The summed E-state index contributed by atoms with van der Waals surface area (Å²) in [5, 5.41) is 8.67. The summed E-state index contributed by atoms with van der Waals surface area (Å²) in [6, 6.07) is -0.275. The number of carboxylic acids is 1. The molecule has 2 aliphatic heterocycles. The van der Waals surface area contributed by atoms with Gasteiger partial charge in [-0.05, 0) is 19.8 Å². The number of hydroxylamine groups is 2. The van der Waals surface area contributed by atoms with Gasteiger partial charge < -0.3 is 9.67 Å². The van der Waals surface area contributed by atoms with Crippen LogP contribution in [0.5, 0.6) is 0 Å². The van der Waals surface area contributed by atoms with E-state index in [1.165, 1.54) is 4.88 Å². The van der Waals surface area contributed by atoms with E-state index < -0.39 is 12.1 Å². The molecule has 1 amide bonds. The van der Waals surface area contributed by atoms with E-state index in [9.17, 15) is 18.0 Å². The quantitative estimate of drug-likeness (QED) is 0.749. The fourth-order valence-corrected chi connectivity index (χ4v) is 4.12. The number of thiazole rings is 1. The van der Waals surface area contributed by atoms with Crippen molar-refractivity contribution in [1.29, 1.82) is 0 Å². The SMILES string of the molecule is Cc1ncsc1CN1Cc2cncn2C(C(=O)N2CCCCO2)C1.O=C(O)C(F)(F)F. The molecule has 1 atom stereocenters. The van der Waals surface area contributed by atoms with E-state index in [4.69, 9.17) is 14.7 Å². The molecule has 4 rings (SSSR count). The standard InChI is InChI=1S/C16H21N5O2S.C2HF3O2/c1-12-15(24-11-18-12)9-19-7-13-6-17-10-20(13)14(8-19)16(22)21-4-2-3-5-23-21;3-2(4,5)1(6)7/h6,10-11,14H,2-5,7-9H2,1H3;(H,6,7). The summed E-state index contributed by atoms with van der Waals surface area (Å²) >= 11 is 1.67. The Morgan fingerprint density at radius 3 is 2.68 bits per heavy atom. The zero-order valence-electron chi connectivity index (χ0n) is 16.7. The Labute approximate surface area is 180 Å². The Balaban J connectivity index is 0.000000339. The molecule has 2 aliphatic rings. The molecule has 0 aromatic carbocycles. The van der Waals surface area contributed by atoms with Crippen molar-refractivity contribution in [3.63, 3.8) is 0 Å². The van der Waals surface area contributed by atoms with E-state index in [2.05, 4.69) is 14.9 Å². The second kappa shape index (κ2) is 9.75. The third-order valence-corrected chi connectivity index (χ3v) is 5.81. The first-order chi connectivity index (χ1) is 14.7. The summed E-state index contributed by atoms with van der Waals surface area (Å²) in [6.45, 7) is 5.60. The van der Waals surface area contributed by atoms with Crippen LogP contribution in [0.1, 0.15) is 35.1 Å². The Bertz CT molecular complexity index is 910. The van der Waals surface area contributed by atoms with Gasteiger partial charge in [0.1, 0.15) is 6.04 Å². The normalized spacial score (nSPS) is 19.4. The molecule has 13 heteroatoms. The molecule has 31 heavy (non-hydrogen) atoms. The minimum Gasteiger partial charge on any atom is -0.475 e. The lowest BCUT2D eigenvalue weighted by Crippen LogP contribution is -2.47. The van der Waals surface area contributed by atoms with Crippen molar-refractivity contribution >= 4 is 23.2 Å². The summed E-state index contributed by atoms with van der Waals surface area (Å²) in [5.74, 6) is -2.73. The van der Waals surface area contributed by atoms with Crippen molar-refractivity contribution in [3.05, 3.63) is 34.3 Å². The number of hydrogen-bond donors (Lipinski definition) is 1. The Hall–Kier alpha value is -2.51. The summed E-state index contributed by atoms with van der Waals surface area (Å²) in [4.78, 5) is 39.5. The summed E-state index contributed by atoms with van der Waals surface area (Å²) in [5.41, 5.74) is 4.02. The van der Waals surface area contributed by atoms with Crippen LogP contribution in [-0.2, 0) is 27.5 Å². The van der Waals surface area contributed by atoms with Gasteiger partial charge in [0.2, 0.25) is 0 Å². The number of nitrogens with zero attached hydrogens (tertiary/aromatic N) is 5. The molecule has 0 aliphatic carbocycles. The summed E-state index contributed by atoms with van der Waals surface area (Å²) in [7, 11) is 0. The number of carboxylic acid groups (broad SMARTS) is 1. The molecule has 2 aromatic rings. The fraction of sp³-hybridized carbons (Fsp3) is 0.556. The van der Waals surface area contributed by atoms with E-state index in [0.29, 0.717) is 19.7 Å². The van der Waals surface area contributed by atoms with Crippen LogP contribution in [0, 0.1) is 6.92 Å². The predicted octanol–water partition coefficient (Wildman–Crippen LogP) is 2.39. The number of amides is 1. The molecule has 0 saturated carbocycles. The molecule has 0 spiro atoms. The zero-order chi connectivity index (χ0) is 22.6. The lowest BCUT2D eigenvalue weighted by Gasteiger charge is -2.36. The lowest BCUT2D eigenvalue weighted by molar-refractivity contribution is -0.201. The average molecular weight is 461 g/mol. The molecule has 4 heterocycles. The zero-order valence-corrected chi connectivity index (χ0v) is 17.5. The third-order valence-electron chi connectivity index (χ3n) is 4.89. The molecule has 1 N–H and O–H groups in total. The van der Waals surface area contributed by atoms with Crippen molar-refractivity contribution in [3.8, 4) is 0 Å². The molecule has 0 radical (unpaired) electrons. The highest BCUT2D eigenvalue weighted by Crippen LogP contribution is 2.26. The minimum absolute atomic E-state index is 0.0275. The Morgan fingerprint density at radius 2 is 2.10 bits per heavy atom. The monoisotopic (exact) mass is 461 g/mol. The van der Waals surface area contributed by atoms with Crippen molar-refractivity contribution in [2.75, 3.05) is 19.7 Å².